The number of pyridine rings is 1. The Bertz CT molecular complexity index is 509. The van der Waals surface area contributed by atoms with E-state index in [1.165, 1.54) is 7.11 Å². The van der Waals surface area contributed by atoms with Crippen molar-refractivity contribution in [2.45, 2.75) is 11.3 Å². The van der Waals surface area contributed by atoms with Gasteiger partial charge in [-0.2, -0.15) is 0 Å². The second-order valence-electron chi connectivity index (χ2n) is 2.60. The Labute approximate surface area is 103 Å². The van der Waals surface area contributed by atoms with Crippen LogP contribution in [0.3, 0.4) is 0 Å². The summed E-state index contributed by atoms with van der Waals surface area (Å²) in [5.41, 5.74) is -0.775. The molecule has 0 fully saturated rings. The summed E-state index contributed by atoms with van der Waals surface area (Å²) in [6, 6.07) is 0. The summed E-state index contributed by atoms with van der Waals surface area (Å²) in [6.45, 7) is 0. The lowest BCUT2D eigenvalue weighted by Gasteiger charge is -2.10. The van der Waals surface area contributed by atoms with E-state index in [2.05, 4.69) is 25.7 Å². The molecule has 4 nitrogen and oxygen atoms in total. The molecule has 1 heterocycles. The van der Waals surface area contributed by atoms with Gasteiger partial charge >= 0.3 is 0 Å². The average molecular weight is 337 g/mol. The standard InChI is InChI=1S/C7H5BrClF2NO3S/c1-15-7-4(8)5(16(9,13)14)3(2-12-7)6(10)11/h2,6H,1H3. The summed E-state index contributed by atoms with van der Waals surface area (Å²) in [5.74, 6) is -0.136. The molecule has 0 aromatic carbocycles. The van der Waals surface area contributed by atoms with Gasteiger partial charge in [0.15, 0.2) is 0 Å². The molecule has 0 aliphatic rings. The van der Waals surface area contributed by atoms with E-state index in [0.29, 0.717) is 6.20 Å². The van der Waals surface area contributed by atoms with Crippen LogP contribution in [0, 0.1) is 0 Å². The zero-order chi connectivity index (χ0) is 12.5. The lowest BCUT2D eigenvalue weighted by atomic mass is 10.3. The van der Waals surface area contributed by atoms with Gasteiger partial charge in [-0.1, -0.05) is 0 Å². The van der Waals surface area contributed by atoms with Crippen LogP contribution < -0.4 is 4.74 Å². The van der Waals surface area contributed by atoms with Crippen molar-refractivity contribution in [2.75, 3.05) is 7.11 Å². The Balaban J connectivity index is 3.63. The molecule has 0 aliphatic carbocycles. The highest BCUT2D eigenvalue weighted by Crippen LogP contribution is 2.38. The van der Waals surface area contributed by atoms with Gasteiger partial charge in [0.1, 0.15) is 9.37 Å². The number of methoxy groups -OCH3 is 1. The first kappa shape index (κ1) is 13.6. The van der Waals surface area contributed by atoms with Crippen molar-refractivity contribution < 1.29 is 21.9 Å². The smallest absolute Gasteiger partial charge is 0.266 e. The third kappa shape index (κ3) is 2.61. The quantitative estimate of drug-likeness (QED) is 0.796. The number of hydrogen-bond acceptors (Lipinski definition) is 4. The summed E-state index contributed by atoms with van der Waals surface area (Å²) in [6.07, 6.45) is -2.29. The lowest BCUT2D eigenvalue weighted by molar-refractivity contribution is 0.147. The maximum atomic E-state index is 12.5. The second-order valence-corrected chi connectivity index (χ2v) is 5.90. The minimum atomic E-state index is -4.32. The summed E-state index contributed by atoms with van der Waals surface area (Å²) < 4.78 is 51.9. The van der Waals surface area contributed by atoms with E-state index in [1.54, 1.807) is 0 Å². The van der Waals surface area contributed by atoms with Crippen molar-refractivity contribution >= 4 is 35.7 Å². The van der Waals surface area contributed by atoms with Gasteiger partial charge in [-0.25, -0.2) is 22.2 Å². The first-order valence-electron chi connectivity index (χ1n) is 3.74. The molecule has 0 saturated carbocycles. The van der Waals surface area contributed by atoms with Crippen LogP contribution >= 0.6 is 26.6 Å². The Kier molecular flexibility index (Phi) is 4.08. The molecule has 16 heavy (non-hydrogen) atoms. The monoisotopic (exact) mass is 335 g/mol. The number of hydrogen-bond donors (Lipinski definition) is 0. The van der Waals surface area contributed by atoms with E-state index in [0.717, 1.165) is 0 Å². The van der Waals surface area contributed by atoms with Gasteiger partial charge in [-0.15, -0.1) is 0 Å². The molecule has 1 rings (SSSR count). The molecule has 0 radical (unpaired) electrons. The lowest BCUT2D eigenvalue weighted by Crippen LogP contribution is -2.03. The van der Waals surface area contributed by atoms with E-state index in [4.69, 9.17) is 10.7 Å². The minimum Gasteiger partial charge on any atom is -0.480 e. The molecular formula is C7H5BrClF2NO3S. The van der Waals surface area contributed by atoms with E-state index in [-0.39, 0.29) is 10.4 Å². The Morgan fingerprint density at radius 2 is 2.12 bits per heavy atom. The fraction of sp³-hybridized carbons (Fsp3) is 0.286. The van der Waals surface area contributed by atoms with Gasteiger partial charge in [0.2, 0.25) is 5.88 Å². The molecule has 1 aromatic rings. The molecular weight excluding hydrogens is 332 g/mol. The molecule has 0 spiro atoms. The van der Waals surface area contributed by atoms with Crippen LogP contribution in [0.2, 0.25) is 0 Å². The summed E-state index contributed by atoms with van der Waals surface area (Å²) >= 11 is 2.81. The molecule has 0 N–H and O–H groups in total. The minimum absolute atomic E-state index is 0.136. The molecule has 0 bridgehead atoms. The normalized spacial score (nSPS) is 11.9. The number of ether oxygens (including phenoxy) is 1. The third-order valence-electron chi connectivity index (χ3n) is 1.64. The Morgan fingerprint density at radius 3 is 2.50 bits per heavy atom. The number of aromatic nitrogens is 1. The fourth-order valence-electron chi connectivity index (χ4n) is 1.01. The second kappa shape index (κ2) is 4.80. The first-order valence-corrected chi connectivity index (χ1v) is 6.84. The van der Waals surface area contributed by atoms with E-state index < -0.39 is 25.9 Å². The number of alkyl halides is 2. The molecule has 9 heteroatoms. The van der Waals surface area contributed by atoms with Crippen molar-refractivity contribution in [3.63, 3.8) is 0 Å². The van der Waals surface area contributed by atoms with Crippen LogP contribution in [0.4, 0.5) is 8.78 Å². The van der Waals surface area contributed by atoms with Gasteiger partial charge < -0.3 is 4.74 Å². The third-order valence-corrected chi connectivity index (χ3v) is 4.03. The van der Waals surface area contributed by atoms with Crippen LogP contribution in [0.25, 0.3) is 0 Å². The highest BCUT2D eigenvalue weighted by Gasteiger charge is 2.27. The van der Waals surface area contributed by atoms with Gasteiger partial charge in [-0.3, -0.25) is 0 Å². The summed E-state index contributed by atoms with van der Waals surface area (Å²) in [4.78, 5) is 2.79. The molecule has 0 aliphatic heterocycles. The topological polar surface area (TPSA) is 56.3 Å². The van der Waals surface area contributed by atoms with E-state index in [9.17, 15) is 17.2 Å². The molecule has 0 saturated heterocycles. The molecule has 0 unspecified atom stereocenters. The fourth-order valence-corrected chi connectivity index (χ4v) is 3.65. The van der Waals surface area contributed by atoms with Gasteiger partial charge in [0, 0.05) is 16.9 Å². The molecule has 0 amide bonds. The van der Waals surface area contributed by atoms with Crippen LogP contribution in [0.1, 0.15) is 12.0 Å². The highest BCUT2D eigenvalue weighted by molar-refractivity contribution is 9.10. The maximum Gasteiger partial charge on any atom is 0.266 e. The zero-order valence-corrected chi connectivity index (χ0v) is 10.9. The molecule has 1 aromatic heterocycles. The summed E-state index contributed by atoms with van der Waals surface area (Å²) in [7, 11) is 1.97. The summed E-state index contributed by atoms with van der Waals surface area (Å²) in [5, 5.41) is 0. The van der Waals surface area contributed by atoms with Gasteiger partial charge in [0.05, 0.1) is 12.7 Å². The van der Waals surface area contributed by atoms with E-state index in [1.807, 2.05) is 0 Å². The zero-order valence-electron chi connectivity index (χ0n) is 7.75. The van der Waals surface area contributed by atoms with Crippen LogP contribution in [0.15, 0.2) is 15.6 Å². The molecule has 0 atom stereocenters. The largest absolute Gasteiger partial charge is 0.480 e. The maximum absolute atomic E-state index is 12.5. The van der Waals surface area contributed by atoms with Crippen LogP contribution in [0.5, 0.6) is 5.88 Å². The van der Waals surface area contributed by atoms with Crippen molar-refractivity contribution in [2.24, 2.45) is 0 Å². The number of nitrogens with zero attached hydrogens (tertiary/aromatic N) is 1. The molecule has 90 valence electrons. The number of rotatable bonds is 3. The van der Waals surface area contributed by atoms with E-state index >= 15 is 0 Å². The van der Waals surface area contributed by atoms with Crippen LogP contribution in [-0.2, 0) is 9.05 Å². The number of halogens is 4. The predicted molar refractivity (Wildman–Crippen MR) is 56.5 cm³/mol. The first-order chi connectivity index (χ1) is 7.29. The predicted octanol–water partition coefficient (Wildman–Crippen LogP) is 2.72. The van der Waals surface area contributed by atoms with Crippen molar-refractivity contribution in [3.8, 4) is 5.88 Å². The Morgan fingerprint density at radius 1 is 1.56 bits per heavy atom. The highest BCUT2D eigenvalue weighted by atomic mass is 79.9. The van der Waals surface area contributed by atoms with Crippen molar-refractivity contribution in [1.29, 1.82) is 0 Å². The van der Waals surface area contributed by atoms with Crippen LogP contribution in [-0.4, -0.2) is 20.5 Å². The van der Waals surface area contributed by atoms with Crippen molar-refractivity contribution in [1.82, 2.24) is 4.98 Å². The van der Waals surface area contributed by atoms with Crippen molar-refractivity contribution in [3.05, 3.63) is 16.2 Å². The SMILES string of the molecule is COc1ncc(C(F)F)c(S(=O)(=O)Cl)c1Br. The van der Waals surface area contributed by atoms with Gasteiger partial charge in [0.25, 0.3) is 15.5 Å². The average Bonchev–Trinajstić information content (AvgIpc) is 2.14. The Hall–Kier alpha value is -0.470. The van der Waals surface area contributed by atoms with Gasteiger partial charge in [-0.05, 0) is 15.9 Å².